The molecule has 0 fully saturated rings. The largest absolute Gasteiger partial charge is 0.381 e. The first-order valence-corrected chi connectivity index (χ1v) is 6.46. The van der Waals surface area contributed by atoms with Gasteiger partial charge in [0.15, 0.2) is 0 Å². The molecule has 0 atom stereocenters. The van der Waals surface area contributed by atoms with Crippen molar-refractivity contribution in [1.29, 1.82) is 0 Å². The fraction of sp³-hybridized carbons (Fsp3) is 0.500. The van der Waals surface area contributed by atoms with Crippen molar-refractivity contribution >= 4 is 5.91 Å². The molecule has 19 heavy (non-hydrogen) atoms. The summed E-state index contributed by atoms with van der Waals surface area (Å²) in [7, 11) is 0. The molecule has 3 nitrogen and oxygen atoms in total. The molecule has 0 saturated heterocycles. The number of halogens is 2. The Morgan fingerprint density at radius 2 is 2.00 bits per heavy atom. The van der Waals surface area contributed by atoms with E-state index < -0.39 is 17.5 Å². The molecule has 1 aromatic carbocycles. The van der Waals surface area contributed by atoms with Crippen LogP contribution < -0.4 is 5.32 Å². The van der Waals surface area contributed by atoms with Crippen LogP contribution in [0.1, 0.15) is 36.5 Å². The lowest BCUT2D eigenvalue weighted by Crippen LogP contribution is -2.26. The zero-order chi connectivity index (χ0) is 14.1. The Morgan fingerprint density at radius 3 is 2.74 bits per heavy atom. The van der Waals surface area contributed by atoms with Gasteiger partial charge < -0.3 is 10.1 Å². The summed E-state index contributed by atoms with van der Waals surface area (Å²) in [5.74, 6) is -1.96. The number of rotatable bonds is 8. The van der Waals surface area contributed by atoms with E-state index >= 15 is 0 Å². The first kappa shape index (κ1) is 15.6. The van der Waals surface area contributed by atoms with E-state index in [4.69, 9.17) is 4.74 Å². The van der Waals surface area contributed by atoms with E-state index in [1.807, 2.05) is 0 Å². The van der Waals surface area contributed by atoms with Gasteiger partial charge >= 0.3 is 0 Å². The maximum atomic E-state index is 13.3. The van der Waals surface area contributed by atoms with Gasteiger partial charge in [-0.2, -0.15) is 0 Å². The number of unbranched alkanes of at least 4 members (excludes halogenated alkanes) is 1. The van der Waals surface area contributed by atoms with Crippen molar-refractivity contribution in [1.82, 2.24) is 5.32 Å². The van der Waals surface area contributed by atoms with Crippen LogP contribution in [0.15, 0.2) is 18.2 Å². The van der Waals surface area contributed by atoms with Crippen LogP contribution in [0.5, 0.6) is 0 Å². The smallest absolute Gasteiger partial charge is 0.254 e. The van der Waals surface area contributed by atoms with E-state index in [2.05, 4.69) is 12.2 Å². The number of carbonyl (C=O) groups excluding carboxylic acids is 1. The third kappa shape index (κ3) is 5.79. The maximum Gasteiger partial charge on any atom is 0.254 e. The fourth-order valence-electron chi connectivity index (χ4n) is 1.49. The molecule has 1 amide bonds. The lowest BCUT2D eigenvalue weighted by Gasteiger charge is -2.07. The van der Waals surface area contributed by atoms with Gasteiger partial charge in [0.25, 0.3) is 5.91 Å². The summed E-state index contributed by atoms with van der Waals surface area (Å²) in [6.45, 7) is 3.72. The Bertz CT molecular complexity index is 410. The number of nitrogens with one attached hydrogen (secondary N) is 1. The van der Waals surface area contributed by atoms with E-state index in [0.717, 1.165) is 31.0 Å². The van der Waals surface area contributed by atoms with Crippen LogP contribution in [0.2, 0.25) is 0 Å². The van der Waals surface area contributed by atoms with Crippen LogP contribution in [0.4, 0.5) is 8.78 Å². The lowest BCUT2D eigenvalue weighted by molar-refractivity contribution is 0.0936. The molecule has 0 bridgehead atoms. The van der Waals surface area contributed by atoms with Gasteiger partial charge in [0.05, 0.1) is 5.56 Å². The van der Waals surface area contributed by atoms with Crippen LogP contribution >= 0.6 is 0 Å². The molecule has 0 aliphatic carbocycles. The molecule has 1 aromatic rings. The molecule has 0 aliphatic rings. The van der Waals surface area contributed by atoms with Crippen LogP contribution in [0.25, 0.3) is 0 Å². The molecule has 0 aliphatic heterocycles. The van der Waals surface area contributed by atoms with Crippen LogP contribution in [0.3, 0.4) is 0 Å². The SMILES string of the molecule is CCCCOCCCNC(=O)c1cc(F)ccc1F. The normalized spacial score (nSPS) is 10.5. The summed E-state index contributed by atoms with van der Waals surface area (Å²) in [6, 6.07) is 2.81. The van der Waals surface area contributed by atoms with Crippen LogP contribution in [-0.2, 0) is 4.74 Å². The third-order valence-electron chi connectivity index (χ3n) is 2.57. The summed E-state index contributed by atoms with van der Waals surface area (Å²) in [5, 5.41) is 2.53. The molecule has 0 heterocycles. The second-order valence-electron chi connectivity index (χ2n) is 4.20. The number of benzene rings is 1. The maximum absolute atomic E-state index is 13.3. The molecular formula is C14H19F2NO2. The highest BCUT2D eigenvalue weighted by molar-refractivity contribution is 5.94. The van der Waals surface area contributed by atoms with E-state index in [1.54, 1.807) is 0 Å². The zero-order valence-corrected chi connectivity index (χ0v) is 11.0. The van der Waals surface area contributed by atoms with E-state index in [-0.39, 0.29) is 5.56 Å². The highest BCUT2D eigenvalue weighted by Crippen LogP contribution is 2.09. The van der Waals surface area contributed by atoms with Crippen molar-refractivity contribution in [3.05, 3.63) is 35.4 Å². The first-order chi connectivity index (χ1) is 9.15. The number of ether oxygens (including phenoxy) is 1. The molecule has 0 saturated carbocycles. The highest BCUT2D eigenvalue weighted by Gasteiger charge is 2.11. The van der Waals surface area contributed by atoms with Crippen LogP contribution in [0, 0.1) is 11.6 Å². The molecule has 1 rings (SSSR count). The first-order valence-electron chi connectivity index (χ1n) is 6.46. The molecular weight excluding hydrogens is 252 g/mol. The molecule has 106 valence electrons. The minimum Gasteiger partial charge on any atom is -0.381 e. The summed E-state index contributed by atoms with van der Waals surface area (Å²) < 4.78 is 31.5. The van der Waals surface area contributed by atoms with Crippen molar-refractivity contribution in [3.63, 3.8) is 0 Å². The summed E-state index contributed by atoms with van der Waals surface area (Å²) >= 11 is 0. The van der Waals surface area contributed by atoms with Crippen molar-refractivity contribution in [2.45, 2.75) is 26.2 Å². The molecule has 0 radical (unpaired) electrons. The number of amides is 1. The van der Waals surface area contributed by atoms with Crippen LogP contribution in [-0.4, -0.2) is 25.7 Å². The minimum atomic E-state index is -0.724. The molecule has 0 spiro atoms. The zero-order valence-electron chi connectivity index (χ0n) is 11.0. The third-order valence-corrected chi connectivity index (χ3v) is 2.57. The monoisotopic (exact) mass is 271 g/mol. The Kier molecular flexibility index (Phi) is 7.03. The van der Waals surface area contributed by atoms with E-state index in [1.165, 1.54) is 0 Å². The standard InChI is InChI=1S/C14H19F2NO2/c1-2-3-8-19-9-4-7-17-14(18)12-10-11(15)5-6-13(12)16/h5-6,10H,2-4,7-9H2,1H3,(H,17,18). The number of carbonyl (C=O) groups is 1. The van der Waals surface area contributed by atoms with Gasteiger partial charge in [0, 0.05) is 19.8 Å². The second kappa shape index (κ2) is 8.58. The van der Waals surface area contributed by atoms with Gasteiger partial charge in [-0.3, -0.25) is 4.79 Å². The van der Waals surface area contributed by atoms with Gasteiger partial charge in [-0.25, -0.2) is 8.78 Å². The van der Waals surface area contributed by atoms with E-state index in [0.29, 0.717) is 26.2 Å². The van der Waals surface area contributed by atoms with Crippen molar-refractivity contribution in [3.8, 4) is 0 Å². The minimum absolute atomic E-state index is 0.271. The Balaban J connectivity index is 2.26. The summed E-state index contributed by atoms with van der Waals surface area (Å²) in [4.78, 5) is 11.6. The number of hydrogen-bond acceptors (Lipinski definition) is 2. The van der Waals surface area contributed by atoms with E-state index in [9.17, 15) is 13.6 Å². The Morgan fingerprint density at radius 1 is 1.26 bits per heavy atom. The van der Waals surface area contributed by atoms with Crippen molar-refractivity contribution in [2.75, 3.05) is 19.8 Å². The van der Waals surface area contributed by atoms with Crippen molar-refractivity contribution in [2.24, 2.45) is 0 Å². The van der Waals surface area contributed by atoms with Gasteiger partial charge in [-0.1, -0.05) is 13.3 Å². The molecule has 0 aromatic heterocycles. The average molecular weight is 271 g/mol. The van der Waals surface area contributed by atoms with Gasteiger partial charge in [0.2, 0.25) is 0 Å². The van der Waals surface area contributed by atoms with Gasteiger partial charge in [-0.15, -0.1) is 0 Å². The van der Waals surface area contributed by atoms with Gasteiger partial charge in [-0.05, 0) is 31.0 Å². The molecule has 0 unspecified atom stereocenters. The summed E-state index contributed by atoms with van der Waals surface area (Å²) in [6.07, 6.45) is 2.74. The predicted molar refractivity (Wildman–Crippen MR) is 69.0 cm³/mol. The lowest BCUT2D eigenvalue weighted by atomic mass is 10.2. The summed E-state index contributed by atoms with van der Waals surface area (Å²) in [5.41, 5.74) is -0.271. The number of hydrogen-bond donors (Lipinski definition) is 1. The van der Waals surface area contributed by atoms with Gasteiger partial charge in [0.1, 0.15) is 11.6 Å². The highest BCUT2D eigenvalue weighted by atomic mass is 19.1. The second-order valence-corrected chi connectivity index (χ2v) is 4.20. The molecule has 1 N–H and O–H groups in total. The molecule has 5 heteroatoms. The predicted octanol–water partition coefficient (Wildman–Crippen LogP) is 2.90. The quantitative estimate of drug-likeness (QED) is 0.738. The Hall–Kier alpha value is -1.49. The van der Waals surface area contributed by atoms with Crippen molar-refractivity contribution < 1.29 is 18.3 Å². The average Bonchev–Trinajstić information content (AvgIpc) is 2.40. The fourth-order valence-corrected chi connectivity index (χ4v) is 1.49. The topological polar surface area (TPSA) is 38.3 Å². The Labute approximate surface area is 112 Å².